The van der Waals surface area contributed by atoms with Gasteiger partial charge < -0.3 is 5.11 Å². The van der Waals surface area contributed by atoms with E-state index in [-0.39, 0.29) is 0 Å². The van der Waals surface area contributed by atoms with Crippen LogP contribution in [0.1, 0.15) is 16.8 Å². The van der Waals surface area contributed by atoms with E-state index in [4.69, 9.17) is 5.11 Å². The van der Waals surface area contributed by atoms with E-state index in [1.165, 1.54) is 23.5 Å². The van der Waals surface area contributed by atoms with Gasteiger partial charge in [0.1, 0.15) is 11.6 Å². The van der Waals surface area contributed by atoms with E-state index < -0.39 is 17.6 Å². The van der Waals surface area contributed by atoms with Crippen molar-refractivity contribution in [3.8, 4) is 11.3 Å². The molecule has 2 aromatic rings. The molecular weight excluding hydrogens is 284 g/mol. The number of halogens is 2. The van der Waals surface area contributed by atoms with Crippen LogP contribution in [0, 0.1) is 18.6 Å². The van der Waals surface area contributed by atoms with Gasteiger partial charge in [-0.25, -0.2) is 18.6 Å². The van der Waals surface area contributed by atoms with Gasteiger partial charge in [0.25, 0.3) is 0 Å². The lowest BCUT2D eigenvalue weighted by atomic mass is 10.1. The summed E-state index contributed by atoms with van der Waals surface area (Å²) in [4.78, 5) is 15.6. The van der Waals surface area contributed by atoms with Crippen LogP contribution < -0.4 is 0 Å². The zero-order valence-corrected chi connectivity index (χ0v) is 11.6. The van der Waals surface area contributed by atoms with Gasteiger partial charge in [-0.1, -0.05) is 0 Å². The molecule has 0 unspecified atom stereocenters. The third-order valence-electron chi connectivity index (χ3n) is 2.57. The number of nitrogens with zero attached hydrogens (tertiary/aromatic N) is 1. The van der Waals surface area contributed by atoms with E-state index >= 15 is 0 Å². The summed E-state index contributed by atoms with van der Waals surface area (Å²) in [5.41, 5.74) is 1.17. The number of hydrogen-bond acceptors (Lipinski definition) is 3. The summed E-state index contributed by atoms with van der Waals surface area (Å²) in [5, 5.41) is 9.48. The number of allylic oxidation sites excluding steroid dienone is 1. The van der Waals surface area contributed by atoms with Crippen LogP contribution in [0.5, 0.6) is 0 Å². The van der Waals surface area contributed by atoms with Crippen molar-refractivity contribution in [3.63, 3.8) is 0 Å². The Balaban J connectivity index is 2.60. The van der Waals surface area contributed by atoms with E-state index in [0.717, 1.165) is 12.1 Å². The Hall–Kier alpha value is -2.08. The summed E-state index contributed by atoms with van der Waals surface area (Å²) >= 11 is 1.28. The predicted octanol–water partition coefficient (Wildman–Crippen LogP) is 3.88. The van der Waals surface area contributed by atoms with Gasteiger partial charge in [0.05, 0.1) is 15.6 Å². The Morgan fingerprint density at radius 1 is 1.30 bits per heavy atom. The number of carboxylic acids is 1. The second-order valence-corrected chi connectivity index (χ2v) is 5.44. The van der Waals surface area contributed by atoms with E-state index in [1.807, 2.05) is 0 Å². The molecule has 1 heterocycles. The predicted molar refractivity (Wildman–Crippen MR) is 73.5 cm³/mol. The minimum atomic E-state index is -1.08. The maximum Gasteiger partial charge on any atom is 0.328 e. The third-order valence-corrected chi connectivity index (χ3v) is 3.67. The number of carbonyl (C=O) groups is 1. The van der Waals surface area contributed by atoms with Crippen LogP contribution in [-0.2, 0) is 4.79 Å². The molecule has 0 aliphatic carbocycles. The monoisotopic (exact) mass is 295 g/mol. The van der Waals surface area contributed by atoms with Crippen molar-refractivity contribution in [2.24, 2.45) is 0 Å². The maximum atomic E-state index is 13.3. The average Bonchev–Trinajstić information content (AvgIpc) is 2.69. The van der Waals surface area contributed by atoms with Crippen LogP contribution in [0.15, 0.2) is 24.3 Å². The number of aryl methyl sites for hydroxylation is 1. The molecule has 6 heteroatoms. The number of rotatable bonds is 3. The molecule has 0 fully saturated rings. The number of carboxylic acid groups (broad SMARTS) is 1. The lowest BCUT2D eigenvalue weighted by molar-refractivity contribution is -0.131. The Morgan fingerprint density at radius 3 is 2.45 bits per heavy atom. The Kier molecular flexibility index (Phi) is 3.94. The number of aromatic nitrogens is 1. The maximum absolute atomic E-state index is 13.3. The summed E-state index contributed by atoms with van der Waals surface area (Å²) in [6, 6.07) is 3.13. The molecule has 0 aliphatic heterocycles. The first-order valence-electron chi connectivity index (χ1n) is 5.72. The van der Waals surface area contributed by atoms with Crippen LogP contribution in [0.3, 0.4) is 0 Å². The lowest BCUT2D eigenvalue weighted by Gasteiger charge is -2.03. The van der Waals surface area contributed by atoms with Crippen LogP contribution in [0.2, 0.25) is 0 Å². The van der Waals surface area contributed by atoms with Crippen molar-refractivity contribution in [2.45, 2.75) is 13.8 Å². The third kappa shape index (κ3) is 3.08. The van der Waals surface area contributed by atoms with Crippen LogP contribution in [-0.4, -0.2) is 16.1 Å². The van der Waals surface area contributed by atoms with Crippen molar-refractivity contribution < 1.29 is 18.7 Å². The van der Waals surface area contributed by atoms with Gasteiger partial charge in [-0.15, -0.1) is 11.3 Å². The standard InChI is InChI=1S/C14H11F2NO2S/c1-7(3-12(18)19)14-13(17-8(2)20-14)9-4-10(15)6-11(16)5-9/h3-6H,1-2H3,(H,18,19)/b7-3+. The fourth-order valence-corrected chi connectivity index (χ4v) is 2.74. The minimum absolute atomic E-state index is 0.292. The molecule has 0 spiro atoms. The number of benzene rings is 1. The molecule has 0 aliphatic rings. The normalized spacial score (nSPS) is 11.7. The van der Waals surface area contributed by atoms with Gasteiger partial charge in [0.15, 0.2) is 0 Å². The van der Waals surface area contributed by atoms with Crippen LogP contribution >= 0.6 is 11.3 Å². The van der Waals surface area contributed by atoms with E-state index in [9.17, 15) is 13.6 Å². The van der Waals surface area contributed by atoms with Gasteiger partial charge in [0.2, 0.25) is 0 Å². The largest absolute Gasteiger partial charge is 0.478 e. The zero-order valence-electron chi connectivity index (χ0n) is 10.8. The molecule has 1 aromatic heterocycles. The van der Waals surface area contributed by atoms with Gasteiger partial charge in [-0.3, -0.25) is 0 Å². The first-order valence-corrected chi connectivity index (χ1v) is 6.54. The minimum Gasteiger partial charge on any atom is -0.478 e. The first kappa shape index (κ1) is 14.3. The highest BCUT2D eigenvalue weighted by atomic mass is 32.1. The van der Waals surface area contributed by atoms with Crippen molar-refractivity contribution in [2.75, 3.05) is 0 Å². The lowest BCUT2D eigenvalue weighted by Crippen LogP contribution is -1.91. The van der Waals surface area contributed by atoms with Crippen LogP contribution in [0.25, 0.3) is 16.8 Å². The van der Waals surface area contributed by atoms with E-state index in [1.54, 1.807) is 13.8 Å². The van der Waals surface area contributed by atoms with E-state index in [2.05, 4.69) is 4.98 Å². The molecule has 0 atom stereocenters. The summed E-state index contributed by atoms with van der Waals surface area (Å²) in [6.07, 6.45) is 1.05. The first-order chi connectivity index (χ1) is 9.36. The number of hydrogen-bond donors (Lipinski definition) is 1. The Bertz CT molecular complexity index is 687. The molecule has 104 valence electrons. The zero-order chi connectivity index (χ0) is 14.9. The quantitative estimate of drug-likeness (QED) is 0.874. The highest BCUT2D eigenvalue weighted by Crippen LogP contribution is 2.33. The molecule has 0 bridgehead atoms. The second-order valence-electron chi connectivity index (χ2n) is 4.23. The molecular formula is C14H11F2NO2S. The van der Waals surface area contributed by atoms with Gasteiger partial charge in [-0.05, 0) is 31.6 Å². The fraction of sp³-hybridized carbons (Fsp3) is 0.143. The molecule has 3 nitrogen and oxygen atoms in total. The molecule has 0 amide bonds. The molecule has 1 N–H and O–H groups in total. The molecule has 2 rings (SSSR count). The number of thiazole rings is 1. The highest BCUT2D eigenvalue weighted by Gasteiger charge is 2.15. The molecule has 1 aromatic carbocycles. The molecule has 0 radical (unpaired) electrons. The van der Waals surface area contributed by atoms with Crippen molar-refractivity contribution in [1.82, 2.24) is 4.98 Å². The topological polar surface area (TPSA) is 50.2 Å². The average molecular weight is 295 g/mol. The van der Waals surface area contributed by atoms with E-state index in [0.29, 0.717) is 26.7 Å². The summed E-state index contributed by atoms with van der Waals surface area (Å²) in [6.45, 7) is 3.38. The van der Waals surface area contributed by atoms with Crippen molar-refractivity contribution >= 4 is 22.9 Å². The summed E-state index contributed by atoms with van der Waals surface area (Å²) in [7, 11) is 0. The van der Waals surface area contributed by atoms with Crippen LogP contribution in [0.4, 0.5) is 8.78 Å². The number of aliphatic carboxylic acids is 1. The Morgan fingerprint density at radius 2 is 1.90 bits per heavy atom. The fourth-order valence-electron chi connectivity index (χ4n) is 1.83. The van der Waals surface area contributed by atoms with Gasteiger partial charge in [0, 0.05) is 17.7 Å². The Labute approximate surface area is 118 Å². The smallest absolute Gasteiger partial charge is 0.328 e. The van der Waals surface area contributed by atoms with Crippen molar-refractivity contribution in [3.05, 3.63) is 45.8 Å². The van der Waals surface area contributed by atoms with Gasteiger partial charge >= 0.3 is 5.97 Å². The molecule has 0 saturated heterocycles. The van der Waals surface area contributed by atoms with Crippen molar-refractivity contribution in [1.29, 1.82) is 0 Å². The molecule has 0 saturated carbocycles. The SMILES string of the molecule is C/C(=C\C(=O)O)c1sc(C)nc1-c1cc(F)cc(F)c1. The summed E-state index contributed by atoms with van der Waals surface area (Å²) in [5.74, 6) is -2.47. The summed E-state index contributed by atoms with van der Waals surface area (Å²) < 4.78 is 26.6. The molecule has 20 heavy (non-hydrogen) atoms. The highest BCUT2D eigenvalue weighted by molar-refractivity contribution is 7.13. The second kappa shape index (κ2) is 5.50. The van der Waals surface area contributed by atoms with Gasteiger partial charge in [-0.2, -0.15) is 0 Å².